The number of urea groups is 1. The maximum atomic E-state index is 12.6. The maximum absolute atomic E-state index is 12.6. The molecule has 1 unspecified atom stereocenters. The van der Waals surface area contributed by atoms with E-state index in [-0.39, 0.29) is 24.0 Å². The molecule has 0 fully saturated rings. The van der Waals surface area contributed by atoms with Gasteiger partial charge in [0, 0.05) is 6.04 Å². The minimum absolute atomic E-state index is 0.0177. The lowest BCUT2D eigenvalue weighted by molar-refractivity contribution is 0.0941. The Morgan fingerprint density at radius 1 is 0.833 bits per heavy atom. The highest BCUT2D eigenvalue weighted by atomic mass is 16.2. The molecule has 0 spiro atoms. The van der Waals surface area contributed by atoms with Gasteiger partial charge in [-0.05, 0) is 38.5 Å². The Kier molecular flexibility index (Phi) is 5.95. The van der Waals surface area contributed by atoms with Crippen LogP contribution in [0.2, 0.25) is 0 Å². The molecule has 3 amide bonds. The fourth-order valence-corrected chi connectivity index (χ4v) is 2.31. The highest BCUT2D eigenvalue weighted by Gasteiger charge is 2.16. The van der Waals surface area contributed by atoms with Crippen molar-refractivity contribution >= 4 is 17.6 Å². The van der Waals surface area contributed by atoms with Crippen molar-refractivity contribution in [2.75, 3.05) is 5.32 Å². The molecule has 2 aromatic carbocycles. The minimum atomic E-state index is -0.332. The molecule has 0 aromatic heterocycles. The molecule has 1 atom stereocenters. The molecule has 0 radical (unpaired) electrons. The van der Waals surface area contributed by atoms with Gasteiger partial charge in [0.1, 0.15) is 0 Å². The fourth-order valence-electron chi connectivity index (χ4n) is 2.31. The summed E-state index contributed by atoms with van der Waals surface area (Å²) >= 11 is 0. The lowest BCUT2D eigenvalue weighted by atomic mass is 10.1. The number of rotatable bonds is 5. The average molecular weight is 325 g/mol. The predicted molar refractivity (Wildman–Crippen MR) is 96.1 cm³/mol. The van der Waals surface area contributed by atoms with Crippen molar-refractivity contribution in [2.24, 2.45) is 0 Å². The summed E-state index contributed by atoms with van der Waals surface area (Å²) in [6, 6.07) is 16.2. The van der Waals surface area contributed by atoms with E-state index in [1.54, 1.807) is 24.3 Å². The Hall–Kier alpha value is -2.82. The Morgan fingerprint density at radius 3 is 2.12 bits per heavy atom. The quantitative estimate of drug-likeness (QED) is 0.784. The van der Waals surface area contributed by atoms with Crippen molar-refractivity contribution in [2.45, 2.75) is 32.9 Å². The summed E-state index contributed by atoms with van der Waals surface area (Å²) in [4.78, 5) is 24.5. The second-order valence-electron chi connectivity index (χ2n) is 5.90. The van der Waals surface area contributed by atoms with Gasteiger partial charge >= 0.3 is 6.03 Å². The lowest BCUT2D eigenvalue weighted by Gasteiger charge is -2.17. The van der Waals surface area contributed by atoms with E-state index in [9.17, 15) is 9.59 Å². The van der Waals surface area contributed by atoms with Crippen molar-refractivity contribution in [3.8, 4) is 0 Å². The molecular formula is C19H23N3O2. The molecule has 2 rings (SSSR count). The molecule has 3 N–H and O–H groups in total. The number of hydrogen-bond acceptors (Lipinski definition) is 2. The van der Waals surface area contributed by atoms with Crippen LogP contribution in [0, 0.1) is 0 Å². The summed E-state index contributed by atoms with van der Waals surface area (Å²) < 4.78 is 0. The van der Waals surface area contributed by atoms with Gasteiger partial charge in [-0.25, -0.2) is 4.79 Å². The number of nitrogens with one attached hydrogen (secondary N) is 3. The third-order valence-electron chi connectivity index (χ3n) is 3.49. The molecule has 0 aliphatic rings. The molecular weight excluding hydrogens is 302 g/mol. The van der Waals surface area contributed by atoms with E-state index < -0.39 is 0 Å². The van der Waals surface area contributed by atoms with Crippen LogP contribution < -0.4 is 16.0 Å². The number of para-hydroxylation sites is 1. The summed E-state index contributed by atoms with van der Waals surface area (Å²) in [6.45, 7) is 5.67. The molecule has 5 heteroatoms. The largest absolute Gasteiger partial charge is 0.345 e. The zero-order valence-corrected chi connectivity index (χ0v) is 14.2. The first kappa shape index (κ1) is 17.5. The topological polar surface area (TPSA) is 70.2 Å². The first-order valence-electron chi connectivity index (χ1n) is 7.99. The highest BCUT2D eigenvalue weighted by molar-refractivity contribution is 6.03. The summed E-state index contributed by atoms with van der Waals surface area (Å²) in [7, 11) is 0. The number of hydrogen-bond donors (Lipinski definition) is 3. The standard InChI is InChI=1S/C19H23N3O2/c1-13(2)20-19(24)22-17-12-8-7-11-16(17)18(23)21-14(3)15-9-5-4-6-10-15/h4-14H,1-3H3,(H,21,23)(H2,20,22,24). The molecule has 0 bridgehead atoms. The molecule has 0 aliphatic carbocycles. The number of amides is 3. The van der Waals surface area contributed by atoms with Gasteiger partial charge in [0.15, 0.2) is 0 Å². The van der Waals surface area contributed by atoms with Crippen LogP contribution in [-0.4, -0.2) is 18.0 Å². The summed E-state index contributed by atoms with van der Waals surface area (Å²) in [5, 5.41) is 8.42. The van der Waals surface area contributed by atoms with Crippen molar-refractivity contribution in [1.82, 2.24) is 10.6 Å². The molecule has 2 aromatic rings. The van der Waals surface area contributed by atoms with Crippen molar-refractivity contribution in [3.63, 3.8) is 0 Å². The second-order valence-corrected chi connectivity index (χ2v) is 5.90. The van der Waals surface area contributed by atoms with E-state index in [1.807, 2.05) is 51.1 Å². The smallest absolute Gasteiger partial charge is 0.319 e. The zero-order chi connectivity index (χ0) is 17.5. The van der Waals surface area contributed by atoms with Gasteiger partial charge in [-0.3, -0.25) is 4.79 Å². The van der Waals surface area contributed by atoms with Crippen LogP contribution in [0.3, 0.4) is 0 Å². The summed E-state index contributed by atoms with van der Waals surface area (Å²) in [6.07, 6.45) is 0. The summed E-state index contributed by atoms with van der Waals surface area (Å²) in [5.74, 6) is -0.230. The number of carbonyl (C=O) groups excluding carboxylic acids is 2. The van der Waals surface area contributed by atoms with Crippen molar-refractivity contribution in [3.05, 3.63) is 65.7 Å². The van der Waals surface area contributed by atoms with Gasteiger partial charge in [0.05, 0.1) is 17.3 Å². The van der Waals surface area contributed by atoms with Crippen LogP contribution in [0.4, 0.5) is 10.5 Å². The minimum Gasteiger partial charge on any atom is -0.345 e. The normalized spacial score (nSPS) is 11.7. The van der Waals surface area contributed by atoms with E-state index in [1.165, 1.54) is 0 Å². The lowest BCUT2D eigenvalue weighted by Crippen LogP contribution is -2.35. The fraction of sp³-hybridized carbons (Fsp3) is 0.263. The van der Waals surface area contributed by atoms with Crippen molar-refractivity contribution in [1.29, 1.82) is 0 Å². The Bertz CT molecular complexity index is 699. The molecule has 0 saturated carbocycles. The Labute approximate surface area is 142 Å². The molecule has 5 nitrogen and oxygen atoms in total. The predicted octanol–water partition coefficient (Wildman–Crippen LogP) is 3.71. The molecule has 126 valence electrons. The van der Waals surface area contributed by atoms with E-state index in [2.05, 4.69) is 16.0 Å². The zero-order valence-electron chi connectivity index (χ0n) is 14.2. The first-order valence-corrected chi connectivity index (χ1v) is 7.99. The molecule has 24 heavy (non-hydrogen) atoms. The van der Waals surface area contributed by atoms with Gasteiger partial charge in [-0.15, -0.1) is 0 Å². The SMILES string of the molecule is CC(C)NC(=O)Nc1ccccc1C(=O)NC(C)c1ccccc1. The number of anilines is 1. The average Bonchev–Trinajstić information content (AvgIpc) is 2.55. The van der Waals surface area contributed by atoms with Gasteiger partial charge in [0.2, 0.25) is 0 Å². The Balaban J connectivity index is 2.11. The van der Waals surface area contributed by atoms with E-state index in [0.717, 1.165) is 5.56 Å². The van der Waals surface area contributed by atoms with Crippen molar-refractivity contribution < 1.29 is 9.59 Å². The van der Waals surface area contributed by atoms with Crippen LogP contribution in [0.1, 0.15) is 42.7 Å². The Morgan fingerprint density at radius 2 is 1.46 bits per heavy atom. The highest BCUT2D eigenvalue weighted by Crippen LogP contribution is 2.17. The third kappa shape index (κ3) is 4.84. The van der Waals surface area contributed by atoms with Crippen LogP contribution in [0.5, 0.6) is 0 Å². The third-order valence-corrected chi connectivity index (χ3v) is 3.49. The first-order chi connectivity index (χ1) is 11.5. The monoisotopic (exact) mass is 325 g/mol. The van der Waals surface area contributed by atoms with Gasteiger partial charge in [-0.2, -0.15) is 0 Å². The van der Waals surface area contributed by atoms with Gasteiger partial charge in [-0.1, -0.05) is 42.5 Å². The van der Waals surface area contributed by atoms with E-state index in [0.29, 0.717) is 11.3 Å². The molecule has 0 aliphatic heterocycles. The van der Waals surface area contributed by atoms with Gasteiger partial charge < -0.3 is 16.0 Å². The van der Waals surface area contributed by atoms with E-state index in [4.69, 9.17) is 0 Å². The number of benzene rings is 2. The van der Waals surface area contributed by atoms with E-state index >= 15 is 0 Å². The number of carbonyl (C=O) groups is 2. The van der Waals surface area contributed by atoms with Crippen LogP contribution in [0.15, 0.2) is 54.6 Å². The van der Waals surface area contributed by atoms with Crippen LogP contribution in [0.25, 0.3) is 0 Å². The second kappa shape index (κ2) is 8.15. The maximum Gasteiger partial charge on any atom is 0.319 e. The molecule has 0 saturated heterocycles. The van der Waals surface area contributed by atoms with Crippen LogP contribution in [-0.2, 0) is 0 Å². The van der Waals surface area contributed by atoms with Gasteiger partial charge in [0.25, 0.3) is 5.91 Å². The molecule has 0 heterocycles. The summed E-state index contributed by atoms with van der Waals surface area (Å²) in [5.41, 5.74) is 1.93. The van der Waals surface area contributed by atoms with Crippen LogP contribution >= 0.6 is 0 Å².